The highest BCUT2D eigenvalue weighted by Gasteiger charge is 2.33. The molecule has 1 amide bonds. The SMILES string of the molecule is CCNC(=NCc1ccc(F)cc1C(F)(F)F)NCC(=O)N(C)CCc1ccccn1.I. The number of carbonyl (C=O) groups excluding carboxylic acids is 1. The number of alkyl halides is 3. The highest BCUT2D eigenvalue weighted by Crippen LogP contribution is 2.32. The van der Waals surface area contributed by atoms with Gasteiger partial charge in [0, 0.05) is 38.4 Å². The van der Waals surface area contributed by atoms with Gasteiger partial charge in [0.15, 0.2) is 5.96 Å². The Morgan fingerprint density at radius 2 is 1.94 bits per heavy atom. The van der Waals surface area contributed by atoms with E-state index in [1.165, 1.54) is 4.90 Å². The topological polar surface area (TPSA) is 69.6 Å². The minimum absolute atomic E-state index is 0. The summed E-state index contributed by atoms with van der Waals surface area (Å²) < 4.78 is 52.7. The lowest BCUT2D eigenvalue weighted by Gasteiger charge is -2.18. The van der Waals surface area contributed by atoms with Crippen molar-refractivity contribution in [3.05, 3.63) is 65.2 Å². The van der Waals surface area contributed by atoms with Gasteiger partial charge >= 0.3 is 6.18 Å². The zero-order valence-electron chi connectivity index (χ0n) is 17.7. The average Bonchev–Trinajstić information content (AvgIpc) is 2.74. The van der Waals surface area contributed by atoms with Crippen LogP contribution in [0.2, 0.25) is 0 Å². The number of hydrogen-bond acceptors (Lipinski definition) is 3. The van der Waals surface area contributed by atoms with E-state index in [4.69, 9.17) is 0 Å². The summed E-state index contributed by atoms with van der Waals surface area (Å²) in [6.45, 7) is 2.30. The molecule has 176 valence electrons. The minimum atomic E-state index is -4.69. The first-order chi connectivity index (χ1) is 14.7. The Kier molecular flexibility index (Phi) is 11.4. The van der Waals surface area contributed by atoms with Gasteiger partial charge in [-0.2, -0.15) is 13.2 Å². The van der Waals surface area contributed by atoms with Crippen LogP contribution >= 0.6 is 24.0 Å². The lowest BCUT2D eigenvalue weighted by Crippen LogP contribution is -2.44. The number of likely N-dealkylation sites (N-methyl/N-ethyl adjacent to an activating group) is 1. The van der Waals surface area contributed by atoms with Crippen molar-refractivity contribution in [3.63, 3.8) is 0 Å². The minimum Gasteiger partial charge on any atom is -0.357 e. The van der Waals surface area contributed by atoms with E-state index in [0.717, 1.165) is 17.8 Å². The van der Waals surface area contributed by atoms with Crippen LogP contribution in [-0.2, 0) is 23.9 Å². The Hall–Kier alpha value is -2.44. The van der Waals surface area contributed by atoms with Crippen LogP contribution in [0.4, 0.5) is 17.6 Å². The van der Waals surface area contributed by atoms with E-state index in [-0.39, 0.29) is 54.5 Å². The Labute approximate surface area is 201 Å². The van der Waals surface area contributed by atoms with Gasteiger partial charge < -0.3 is 15.5 Å². The second-order valence-corrected chi connectivity index (χ2v) is 6.73. The van der Waals surface area contributed by atoms with Gasteiger partial charge in [0.25, 0.3) is 0 Å². The van der Waals surface area contributed by atoms with Gasteiger partial charge in [0.05, 0.1) is 18.7 Å². The van der Waals surface area contributed by atoms with Crippen LogP contribution in [0.1, 0.15) is 23.7 Å². The van der Waals surface area contributed by atoms with Gasteiger partial charge in [-0.3, -0.25) is 9.78 Å². The molecule has 0 aliphatic carbocycles. The number of carbonyl (C=O) groups is 1. The highest BCUT2D eigenvalue weighted by molar-refractivity contribution is 14.0. The van der Waals surface area contributed by atoms with Crippen LogP contribution in [0.15, 0.2) is 47.6 Å². The fourth-order valence-electron chi connectivity index (χ4n) is 2.70. The van der Waals surface area contributed by atoms with Crippen molar-refractivity contribution < 1.29 is 22.4 Å². The number of amides is 1. The quantitative estimate of drug-likeness (QED) is 0.222. The average molecular weight is 567 g/mol. The Morgan fingerprint density at radius 1 is 1.19 bits per heavy atom. The molecule has 0 fully saturated rings. The molecule has 0 bridgehead atoms. The summed E-state index contributed by atoms with van der Waals surface area (Å²) in [6, 6.07) is 8.02. The molecule has 11 heteroatoms. The first kappa shape index (κ1) is 27.6. The number of nitrogens with one attached hydrogen (secondary N) is 2. The van der Waals surface area contributed by atoms with Crippen molar-refractivity contribution in [1.82, 2.24) is 20.5 Å². The van der Waals surface area contributed by atoms with E-state index in [1.54, 1.807) is 20.2 Å². The van der Waals surface area contributed by atoms with Gasteiger partial charge in [-0.15, -0.1) is 24.0 Å². The van der Waals surface area contributed by atoms with Crippen LogP contribution in [0.3, 0.4) is 0 Å². The third-order valence-electron chi connectivity index (χ3n) is 4.39. The number of pyridine rings is 1. The molecule has 2 aromatic rings. The number of guanidine groups is 1. The molecule has 0 saturated carbocycles. The number of benzene rings is 1. The third-order valence-corrected chi connectivity index (χ3v) is 4.39. The summed E-state index contributed by atoms with van der Waals surface area (Å²) in [7, 11) is 1.66. The predicted octanol–water partition coefficient (Wildman–Crippen LogP) is 3.61. The fourth-order valence-corrected chi connectivity index (χ4v) is 2.70. The van der Waals surface area contributed by atoms with Crippen LogP contribution < -0.4 is 10.6 Å². The molecule has 0 aliphatic heterocycles. The molecule has 0 atom stereocenters. The fraction of sp³-hybridized carbons (Fsp3) is 0.381. The third kappa shape index (κ3) is 8.97. The first-order valence-corrected chi connectivity index (χ1v) is 9.72. The molecule has 1 aromatic heterocycles. The summed E-state index contributed by atoms with van der Waals surface area (Å²) in [6.07, 6.45) is -2.41. The smallest absolute Gasteiger partial charge is 0.357 e. The zero-order chi connectivity index (χ0) is 22.9. The van der Waals surface area contributed by atoms with Gasteiger partial charge in [-0.05, 0) is 36.8 Å². The number of aromatic nitrogens is 1. The maximum atomic E-state index is 13.2. The highest BCUT2D eigenvalue weighted by atomic mass is 127. The summed E-state index contributed by atoms with van der Waals surface area (Å²) in [5.41, 5.74) is -0.368. The summed E-state index contributed by atoms with van der Waals surface area (Å²) in [4.78, 5) is 22.2. The van der Waals surface area contributed by atoms with E-state index in [0.29, 0.717) is 25.6 Å². The van der Waals surface area contributed by atoms with Crippen molar-refractivity contribution in [2.75, 3.05) is 26.7 Å². The Morgan fingerprint density at radius 3 is 2.56 bits per heavy atom. The van der Waals surface area contributed by atoms with E-state index < -0.39 is 17.6 Å². The Bertz CT molecular complexity index is 894. The second kappa shape index (κ2) is 13.2. The molecule has 0 unspecified atom stereocenters. The van der Waals surface area contributed by atoms with Crippen molar-refractivity contribution >= 4 is 35.8 Å². The van der Waals surface area contributed by atoms with Crippen molar-refractivity contribution in [1.29, 1.82) is 0 Å². The number of nitrogens with zero attached hydrogens (tertiary/aromatic N) is 3. The van der Waals surface area contributed by atoms with E-state index in [9.17, 15) is 22.4 Å². The lowest BCUT2D eigenvalue weighted by molar-refractivity contribution is -0.138. The van der Waals surface area contributed by atoms with Crippen molar-refractivity contribution in [2.45, 2.75) is 26.1 Å². The molecule has 0 saturated heterocycles. The van der Waals surface area contributed by atoms with Crippen molar-refractivity contribution in [2.24, 2.45) is 4.99 Å². The summed E-state index contributed by atoms with van der Waals surface area (Å²) >= 11 is 0. The van der Waals surface area contributed by atoms with Gasteiger partial charge in [0.2, 0.25) is 5.91 Å². The number of aliphatic imine (C=N–C) groups is 1. The number of hydrogen-bond donors (Lipinski definition) is 2. The molecule has 0 radical (unpaired) electrons. The summed E-state index contributed by atoms with van der Waals surface area (Å²) in [5.74, 6) is -0.991. The molecular weight excluding hydrogens is 541 g/mol. The van der Waals surface area contributed by atoms with Crippen LogP contribution in [0.5, 0.6) is 0 Å². The first-order valence-electron chi connectivity index (χ1n) is 9.72. The Balaban J connectivity index is 0.00000512. The van der Waals surface area contributed by atoms with Gasteiger partial charge in [-0.1, -0.05) is 12.1 Å². The molecule has 1 aromatic carbocycles. The zero-order valence-corrected chi connectivity index (χ0v) is 20.1. The predicted molar refractivity (Wildman–Crippen MR) is 125 cm³/mol. The van der Waals surface area contributed by atoms with Crippen LogP contribution in [-0.4, -0.2) is 48.4 Å². The normalized spacial score (nSPS) is 11.5. The molecule has 0 aliphatic rings. The maximum absolute atomic E-state index is 13.2. The monoisotopic (exact) mass is 567 g/mol. The van der Waals surface area contributed by atoms with Gasteiger partial charge in [0.1, 0.15) is 5.82 Å². The molecule has 6 nitrogen and oxygen atoms in total. The molecule has 1 heterocycles. The van der Waals surface area contributed by atoms with Crippen LogP contribution in [0.25, 0.3) is 0 Å². The molecule has 32 heavy (non-hydrogen) atoms. The van der Waals surface area contributed by atoms with Gasteiger partial charge in [-0.25, -0.2) is 9.38 Å². The van der Waals surface area contributed by atoms with Crippen molar-refractivity contribution in [3.8, 4) is 0 Å². The standard InChI is InChI=1S/C21H25F4N5O.HI/c1-3-26-20(28-13-15-7-8-16(22)12-18(15)21(23,24)25)29-14-19(31)30(2)11-9-17-6-4-5-10-27-17;/h4-8,10,12H,3,9,11,13-14H2,1-2H3,(H2,26,28,29);1H. The number of rotatable bonds is 8. The van der Waals surface area contributed by atoms with Crippen LogP contribution in [0, 0.1) is 5.82 Å². The van der Waals surface area contributed by atoms with E-state index in [2.05, 4.69) is 20.6 Å². The van der Waals surface area contributed by atoms with E-state index >= 15 is 0 Å². The molecule has 2 N–H and O–H groups in total. The van der Waals surface area contributed by atoms with E-state index in [1.807, 2.05) is 18.2 Å². The maximum Gasteiger partial charge on any atom is 0.416 e. The second-order valence-electron chi connectivity index (χ2n) is 6.73. The lowest BCUT2D eigenvalue weighted by atomic mass is 10.1. The molecule has 0 spiro atoms. The molecular formula is C21H26F4IN5O. The number of halogens is 5. The largest absolute Gasteiger partial charge is 0.416 e. The summed E-state index contributed by atoms with van der Waals surface area (Å²) in [5, 5.41) is 5.69. The molecule has 2 rings (SSSR count).